The van der Waals surface area contributed by atoms with Gasteiger partial charge in [0.1, 0.15) is 23.1 Å². The first kappa shape index (κ1) is 15.8. The molecule has 3 saturated heterocycles. The van der Waals surface area contributed by atoms with Crippen LogP contribution in [0.5, 0.6) is 0 Å². The van der Waals surface area contributed by atoms with Gasteiger partial charge >= 0.3 is 5.97 Å². The van der Waals surface area contributed by atoms with Crippen LogP contribution in [0.4, 0.5) is 0 Å². The number of hydrogen-bond acceptors (Lipinski definition) is 5. The van der Waals surface area contributed by atoms with E-state index in [0.717, 1.165) is 0 Å². The van der Waals surface area contributed by atoms with Gasteiger partial charge < -0.3 is 19.2 Å². The number of ether oxygens (including phenoxy) is 1. The van der Waals surface area contributed by atoms with Crippen molar-refractivity contribution in [2.75, 3.05) is 0 Å². The molecule has 1 aromatic heterocycles. The minimum atomic E-state index is -1.05. The lowest BCUT2D eigenvalue weighted by Crippen LogP contribution is -2.58. The molecule has 7 heteroatoms. The highest BCUT2D eigenvalue weighted by Gasteiger charge is 2.75. The highest BCUT2D eigenvalue weighted by molar-refractivity contribution is 5.96. The van der Waals surface area contributed by atoms with E-state index >= 15 is 0 Å². The predicted molar refractivity (Wildman–Crippen MR) is 86.8 cm³/mol. The molecule has 0 saturated carbocycles. The molecule has 0 aromatic carbocycles. The largest absolute Gasteiger partial charge is 0.481 e. The average molecular weight is 357 g/mol. The van der Waals surface area contributed by atoms with Gasteiger partial charge in [-0.1, -0.05) is 26.0 Å². The second kappa shape index (κ2) is 4.85. The molecule has 5 rings (SSSR count). The highest BCUT2D eigenvalue weighted by Crippen LogP contribution is 2.60. The van der Waals surface area contributed by atoms with E-state index in [1.807, 2.05) is 6.08 Å². The number of furan rings is 1. The molecular formula is C19H19NO6. The third-order valence-electron chi connectivity index (χ3n) is 6.63. The number of carboxylic acids is 1. The maximum atomic E-state index is 13.4. The average Bonchev–Trinajstić information content (AvgIpc) is 3.35. The van der Waals surface area contributed by atoms with Crippen molar-refractivity contribution in [1.29, 1.82) is 0 Å². The Labute approximate surface area is 149 Å². The number of nitrogens with zero attached hydrogens (tertiary/aromatic N) is 1. The first-order valence-corrected chi connectivity index (χ1v) is 8.88. The van der Waals surface area contributed by atoms with Gasteiger partial charge in [-0.3, -0.25) is 14.4 Å². The minimum absolute atomic E-state index is 0.0368. The number of Topliss-reactive ketones (excluding diaryl/α,β-unsaturated/α-hetero) is 1. The van der Waals surface area contributed by atoms with Crippen LogP contribution in [-0.2, 0) is 19.1 Å². The molecule has 0 unspecified atom stereocenters. The monoisotopic (exact) mass is 357 g/mol. The summed E-state index contributed by atoms with van der Waals surface area (Å²) in [6.07, 6.45) is 4.43. The van der Waals surface area contributed by atoms with Gasteiger partial charge in [-0.15, -0.1) is 0 Å². The Morgan fingerprint density at radius 3 is 2.69 bits per heavy atom. The number of piperidine rings is 1. The third-order valence-corrected chi connectivity index (χ3v) is 6.63. The fraction of sp³-hybridized carbons (Fsp3) is 0.526. The molecule has 4 aliphatic rings. The zero-order valence-electron chi connectivity index (χ0n) is 14.4. The summed E-state index contributed by atoms with van der Waals surface area (Å²) in [6, 6.07) is 2.41. The second-order valence-electron chi connectivity index (χ2n) is 7.77. The van der Waals surface area contributed by atoms with E-state index in [9.17, 15) is 19.5 Å². The number of carbonyl (C=O) groups is 3. The van der Waals surface area contributed by atoms with Gasteiger partial charge in [0.15, 0.2) is 0 Å². The van der Waals surface area contributed by atoms with Crippen LogP contribution in [0.15, 0.2) is 35.0 Å². The summed E-state index contributed by atoms with van der Waals surface area (Å²) in [5.74, 6) is -3.33. The van der Waals surface area contributed by atoms with Crippen LogP contribution < -0.4 is 0 Å². The normalized spacial score (nSPS) is 45.9. The molecule has 7 nitrogen and oxygen atoms in total. The topological polar surface area (TPSA) is 97.1 Å². The van der Waals surface area contributed by atoms with E-state index in [2.05, 4.69) is 0 Å². The Bertz CT molecular complexity index is 844. The Morgan fingerprint density at radius 1 is 1.27 bits per heavy atom. The van der Waals surface area contributed by atoms with Crippen molar-refractivity contribution in [2.24, 2.45) is 23.7 Å². The molecule has 1 spiro atoms. The lowest BCUT2D eigenvalue weighted by Gasteiger charge is -2.46. The second-order valence-corrected chi connectivity index (χ2v) is 7.77. The fourth-order valence-corrected chi connectivity index (χ4v) is 5.65. The van der Waals surface area contributed by atoms with Crippen LogP contribution in [0.25, 0.3) is 0 Å². The number of fused-ring (bicyclic) bond motifs is 2. The van der Waals surface area contributed by atoms with E-state index < -0.39 is 53.4 Å². The molecule has 8 atom stereocenters. The third kappa shape index (κ3) is 1.60. The summed E-state index contributed by atoms with van der Waals surface area (Å²) in [5, 5.41) is 9.68. The predicted octanol–water partition coefficient (Wildman–Crippen LogP) is 1.41. The smallest absolute Gasteiger partial charge is 0.310 e. The molecule has 3 fully saturated rings. The Morgan fingerprint density at radius 2 is 2.04 bits per heavy atom. The van der Waals surface area contributed by atoms with Gasteiger partial charge in [0.25, 0.3) is 0 Å². The Kier molecular flexibility index (Phi) is 2.95. The molecule has 5 heterocycles. The summed E-state index contributed by atoms with van der Waals surface area (Å²) in [7, 11) is 0. The maximum Gasteiger partial charge on any atom is 0.310 e. The molecule has 1 amide bonds. The van der Waals surface area contributed by atoms with Crippen LogP contribution in [0, 0.1) is 23.7 Å². The fourth-order valence-electron chi connectivity index (χ4n) is 5.65. The molecule has 1 N–H and O–H groups in total. The molecule has 0 aliphatic carbocycles. The van der Waals surface area contributed by atoms with Crippen molar-refractivity contribution in [3.63, 3.8) is 0 Å². The lowest BCUT2D eigenvalue weighted by atomic mass is 9.69. The van der Waals surface area contributed by atoms with Gasteiger partial charge in [0.2, 0.25) is 5.91 Å². The van der Waals surface area contributed by atoms with Crippen molar-refractivity contribution in [1.82, 2.24) is 4.90 Å². The van der Waals surface area contributed by atoms with Crippen LogP contribution in [-0.4, -0.2) is 45.4 Å². The van der Waals surface area contributed by atoms with Gasteiger partial charge in [0, 0.05) is 11.8 Å². The molecule has 2 bridgehead atoms. The molecule has 26 heavy (non-hydrogen) atoms. The van der Waals surface area contributed by atoms with Crippen molar-refractivity contribution >= 4 is 17.7 Å². The van der Waals surface area contributed by atoms with Crippen molar-refractivity contribution in [3.05, 3.63) is 36.3 Å². The van der Waals surface area contributed by atoms with Gasteiger partial charge in [-0.25, -0.2) is 0 Å². The molecular weight excluding hydrogens is 338 g/mol. The van der Waals surface area contributed by atoms with E-state index in [1.54, 1.807) is 37.0 Å². The van der Waals surface area contributed by atoms with E-state index in [1.165, 1.54) is 6.26 Å². The molecule has 1 aromatic rings. The number of rotatable bonds is 2. The van der Waals surface area contributed by atoms with Gasteiger partial charge in [-0.05, 0) is 12.1 Å². The maximum absolute atomic E-state index is 13.4. The number of hydrogen-bond donors (Lipinski definition) is 1. The van der Waals surface area contributed by atoms with Crippen LogP contribution >= 0.6 is 0 Å². The molecule has 136 valence electrons. The lowest BCUT2D eigenvalue weighted by molar-refractivity contribution is -0.156. The van der Waals surface area contributed by atoms with Crippen LogP contribution in [0.1, 0.15) is 25.6 Å². The van der Waals surface area contributed by atoms with E-state index in [4.69, 9.17) is 9.15 Å². The number of carbonyl (C=O) groups excluding carboxylic acids is 2. The number of ketones is 1. The van der Waals surface area contributed by atoms with E-state index in [0.29, 0.717) is 5.76 Å². The summed E-state index contributed by atoms with van der Waals surface area (Å²) in [6.45, 7) is 3.60. The van der Waals surface area contributed by atoms with E-state index in [-0.39, 0.29) is 11.7 Å². The van der Waals surface area contributed by atoms with Crippen molar-refractivity contribution in [3.8, 4) is 0 Å². The quantitative estimate of drug-likeness (QED) is 0.804. The first-order valence-electron chi connectivity index (χ1n) is 8.88. The van der Waals surface area contributed by atoms with Gasteiger partial charge in [0.05, 0.1) is 30.4 Å². The summed E-state index contributed by atoms with van der Waals surface area (Å²) in [5.41, 5.74) is -1.05. The first-order chi connectivity index (χ1) is 12.4. The summed E-state index contributed by atoms with van der Waals surface area (Å²) >= 11 is 0. The van der Waals surface area contributed by atoms with Crippen molar-refractivity contribution in [2.45, 2.75) is 37.6 Å². The summed E-state index contributed by atoms with van der Waals surface area (Å²) < 4.78 is 11.6. The van der Waals surface area contributed by atoms with Gasteiger partial charge in [-0.2, -0.15) is 0 Å². The summed E-state index contributed by atoms with van der Waals surface area (Å²) in [4.78, 5) is 39.9. The highest BCUT2D eigenvalue weighted by atomic mass is 16.5. The molecule has 0 radical (unpaired) electrons. The van der Waals surface area contributed by atoms with Crippen molar-refractivity contribution < 1.29 is 28.6 Å². The number of aliphatic carboxylic acids is 1. The number of carboxylic acid groups (broad SMARTS) is 1. The standard InChI is InChI=1S/C19H19NO6/c1-8-14(11-4-3-7-25-11)20-16(9(2)15(8)21)19-6-5-10(26-19)12(18(23)24)13(19)17(20)22/h3-10,12-14,16H,1-2H3,(H,23,24)/t8-,9-,10-,12+,13-,14-,16+,19+/m1/s1. The minimum Gasteiger partial charge on any atom is -0.481 e. The number of amides is 1. The SMILES string of the molecule is C[C@@H]1C(=O)[C@H](C)[C@H](c2ccco2)N2C(=O)[C@H]3[C@@H](C(=O)O)[C@H]4C=C[C@@]3(O4)[C@H]12. The molecule has 4 aliphatic heterocycles. The van der Waals surface area contributed by atoms with Crippen LogP contribution in [0.2, 0.25) is 0 Å². The Balaban J connectivity index is 1.69. The Hall–Kier alpha value is -2.41. The zero-order valence-corrected chi connectivity index (χ0v) is 14.4. The zero-order chi connectivity index (χ0) is 18.4. The van der Waals surface area contributed by atoms with Crippen LogP contribution in [0.3, 0.4) is 0 Å².